The van der Waals surface area contributed by atoms with Crippen molar-refractivity contribution in [1.29, 1.82) is 0 Å². The van der Waals surface area contributed by atoms with Crippen LogP contribution in [0.1, 0.15) is 120 Å². The number of halogens is 2. The van der Waals surface area contributed by atoms with Crippen molar-refractivity contribution in [2.24, 2.45) is 0 Å². The minimum atomic E-state index is 0. The smallest absolute Gasteiger partial charge is 1.00 e. The van der Waals surface area contributed by atoms with E-state index in [0.717, 1.165) is 19.3 Å². The summed E-state index contributed by atoms with van der Waals surface area (Å²) in [5.74, 6) is 0. The normalized spacial score (nSPS) is 16.5. The topological polar surface area (TPSA) is 0 Å². The van der Waals surface area contributed by atoms with Gasteiger partial charge in [-0.25, -0.2) is 18.6 Å². The summed E-state index contributed by atoms with van der Waals surface area (Å²) in [5.41, 5.74) is 18.2. The first-order valence-corrected chi connectivity index (χ1v) is 16.6. The third kappa shape index (κ3) is 7.06. The van der Waals surface area contributed by atoms with Crippen LogP contribution >= 0.6 is 0 Å². The largest absolute Gasteiger partial charge is 1.00 e. The monoisotopic (exact) mass is 676 g/mol. The maximum absolute atomic E-state index is 3.34. The molecule has 0 spiro atoms. The standard InChI is InChI=1S/C27H29.C11H17.CH2.2ClH.Zr/c1-16-7-9-26(3,4)24-12-18-11-19-13-25-21(17(2)8-10-27(25,5)6)15-23(19)22(18)14-20(16)24;1-5-9-6-7-10(8-9)11(2,3)4;;;;/h7-9,12-15H,10-11H2,1-6H3;6-8H,5H2,1-4H3;1H2;2*1H;/q2*-1;;;;+2/p-2. The zero-order chi connectivity index (χ0) is 29.6. The second-order valence-electron chi connectivity index (χ2n) is 14.1. The van der Waals surface area contributed by atoms with Gasteiger partial charge >= 0.3 is 28.4 Å². The molecule has 3 aliphatic rings. The van der Waals surface area contributed by atoms with Gasteiger partial charge in [0, 0.05) is 0 Å². The van der Waals surface area contributed by atoms with E-state index in [9.17, 15) is 0 Å². The van der Waals surface area contributed by atoms with Crippen molar-refractivity contribution in [2.75, 3.05) is 0 Å². The molecule has 224 valence electrons. The molecule has 0 heterocycles. The molecule has 0 fully saturated rings. The SMILES string of the molecule is CC1=C[CH-]C(C)(C)c2cc3c(cc21)-c1cc2c(cc1C3)C(C)(C)CC=C2C.CCc1cc(C(C)(C)C)c[cH-]1.[CH2]=[Zr+2].[Cl-].[Cl-]. The molecule has 0 aliphatic heterocycles. The molecule has 3 aromatic carbocycles. The molecule has 0 bridgehead atoms. The van der Waals surface area contributed by atoms with Crippen LogP contribution in [-0.2, 0) is 53.3 Å². The number of allylic oxidation sites excluding steroid dienone is 4. The molecule has 0 atom stereocenters. The fourth-order valence-electron chi connectivity index (χ4n) is 6.35. The molecule has 6 rings (SSSR count). The predicted molar refractivity (Wildman–Crippen MR) is 174 cm³/mol. The number of benzene rings is 2. The van der Waals surface area contributed by atoms with Crippen molar-refractivity contribution in [3.63, 3.8) is 0 Å². The van der Waals surface area contributed by atoms with Crippen molar-refractivity contribution in [3.8, 4) is 11.1 Å². The summed E-state index contributed by atoms with van der Waals surface area (Å²) >= 11 is 1.30. The third-order valence-corrected chi connectivity index (χ3v) is 9.19. The Labute approximate surface area is 284 Å². The number of aryl methyl sites for hydroxylation is 1. The fraction of sp³-hybridized carbons (Fsp3) is 0.410. The fourth-order valence-corrected chi connectivity index (χ4v) is 6.35. The van der Waals surface area contributed by atoms with E-state index < -0.39 is 0 Å². The number of fused-ring (bicyclic) bond motifs is 5. The van der Waals surface area contributed by atoms with Crippen LogP contribution in [0, 0.1) is 6.42 Å². The summed E-state index contributed by atoms with van der Waals surface area (Å²) in [6, 6.07) is 16.7. The number of rotatable bonds is 1. The Bertz CT molecular complexity index is 1400. The second kappa shape index (κ2) is 13.6. The summed E-state index contributed by atoms with van der Waals surface area (Å²) in [5, 5.41) is 0. The Kier molecular flexibility index (Phi) is 11.9. The molecule has 0 N–H and O–H groups in total. The molecule has 0 nitrogen and oxygen atoms in total. The molecule has 0 amide bonds. The first-order valence-electron chi connectivity index (χ1n) is 14.9. The van der Waals surface area contributed by atoms with Gasteiger partial charge in [-0.2, -0.15) is 28.8 Å². The predicted octanol–water partition coefficient (Wildman–Crippen LogP) is 4.48. The Morgan fingerprint density at radius 1 is 0.810 bits per heavy atom. The number of hydrogen-bond donors (Lipinski definition) is 0. The molecule has 0 saturated heterocycles. The third-order valence-electron chi connectivity index (χ3n) is 9.19. The van der Waals surface area contributed by atoms with Crippen LogP contribution in [0.15, 0.2) is 54.6 Å². The van der Waals surface area contributed by atoms with Gasteiger partial charge in [0.1, 0.15) is 0 Å². The van der Waals surface area contributed by atoms with Crippen LogP contribution in [0.4, 0.5) is 0 Å². The molecule has 0 radical (unpaired) electrons. The van der Waals surface area contributed by atoms with Crippen LogP contribution in [0.5, 0.6) is 0 Å². The quantitative estimate of drug-likeness (QED) is 0.261. The molecule has 0 aromatic heterocycles. The van der Waals surface area contributed by atoms with E-state index in [4.69, 9.17) is 0 Å². The van der Waals surface area contributed by atoms with E-state index in [1.807, 2.05) is 0 Å². The summed E-state index contributed by atoms with van der Waals surface area (Å²) in [6.45, 7) is 22.9. The Balaban J connectivity index is 0.000000351. The van der Waals surface area contributed by atoms with Gasteiger partial charge in [0.05, 0.1) is 0 Å². The summed E-state index contributed by atoms with van der Waals surface area (Å²) < 4.78 is 3.34. The summed E-state index contributed by atoms with van der Waals surface area (Å²) in [4.78, 5) is 0. The maximum atomic E-state index is 3.34. The van der Waals surface area contributed by atoms with Crippen LogP contribution in [0.3, 0.4) is 0 Å². The van der Waals surface area contributed by atoms with Gasteiger partial charge in [0.2, 0.25) is 0 Å². The van der Waals surface area contributed by atoms with E-state index in [2.05, 4.69) is 134 Å². The molecule has 3 heteroatoms. The Morgan fingerprint density at radius 2 is 1.36 bits per heavy atom. The summed E-state index contributed by atoms with van der Waals surface area (Å²) in [6.07, 6.45) is 10.4. The van der Waals surface area contributed by atoms with Crippen molar-refractivity contribution in [3.05, 3.63) is 106 Å². The molecule has 0 saturated carbocycles. The van der Waals surface area contributed by atoms with Gasteiger partial charge < -0.3 is 24.8 Å². The molecule has 0 unspecified atom stereocenters. The molecular weight excluding hydrogens is 631 g/mol. The first-order chi connectivity index (χ1) is 18.7. The molecular formula is C39H48Cl2Zr-2. The van der Waals surface area contributed by atoms with E-state index in [1.54, 1.807) is 0 Å². The van der Waals surface area contributed by atoms with Gasteiger partial charge in [0.25, 0.3) is 0 Å². The molecule has 3 aromatic rings. The van der Waals surface area contributed by atoms with Gasteiger partial charge in [-0.1, -0.05) is 102 Å². The Hall–Kier alpha value is -1.53. The minimum Gasteiger partial charge on any atom is -1.00 e. The molecule has 3 aliphatic carbocycles. The van der Waals surface area contributed by atoms with E-state index >= 15 is 0 Å². The van der Waals surface area contributed by atoms with E-state index in [-0.39, 0.29) is 35.6 Å². The van der Waals surface area contributed by atoms with Crippen LogP contribution in [0.2, 0.25) is 0 Å². The Morgan fingerprint density at radius 3 is 1.86 bits per heavy atom. The van der Waals surface area contributed by atoms with Gasteiger partial charge in [-0.3, -0.25) is 0 Å². The van der Waals surface area contributed by atoms with Gasteiger partial charge in [-0.15, -0.1) is 12.5 Å². The zero-order valence-electron chi connectivity index (χ0n) is 27.4. The van der Waals surface area contributed by atoms with Gasteiger partial charge in [0.15, 0.2) is 0 Å². The minimum absolute atomic E-state index is 0. The van der Waals surface area contributed by atoms with Crippen molar-refractivity contribution in [1.82, 2.24) is 0 Å². The first kappa shape index (κ1) is 36.7. The van der Waals surface area contributed by atoms with Crippen LogP contribution in [-0.4, -0.2) is 4.21 Å². The maximum Gasteiger partial charge on any atom is -1.00 e. The molecule has 42 heavy (non-hydrogen) atoms. The van der Waals surface area contributed by atoms with Gasteiger partial charge in [-0.05, 0) is 70.2 Å². The van der Waals surface area contributed by atoms with Crippen LogP contribution in [0.25, 0.3) is 22.3 Å². The number of hydrogen-bond acceptors (Lipinski definition) is 0. The average molecular weight is 679 g/mol. The van der Waals surface area contributed by atoms with Crippen molar-refractivity contribution in [2.45, 2.75) is 105 Å². The van der Waals surface area contributed by atoms with Crippen molar-refractivity contribution >= 4 is 15.4 Å². The summed E-state index contributed by atoms with van der Waals surface area (Å²) in [7, 11) is 0. The van der Waals surface area contributed by atoms with E-state index in [0.29, 0.717) is 5.41 Å². The zero-order valence-corrected chi connectivity index (χ0v) is 31.3. The average Bonchev–Trinajstić information content (AvgIpc) is 3.54. The van der Waals surface area contributed by atoms with E-state index in [1.165, 1.54) is 91.0 Å². The second-order valence-corrected chi connectivity index (χ2v) is 14.1. The van der Waals surface area contributed by atoms with Crippen molar-refractivity contribution < 1.29 is 49.0 Å². The van der Waals surface area contributed by atoms with Crippen LogP contribution < -0.4 is 24.8 Å².